The fraction of sp³-hybridized carbons (Fsp3) is 0.167. The number of aryl methyl sites for hydroxylation is 1. The van der Waals surface area contributed by atoms with E-state index in [1.54, 1.807) is 30.3 Å². The highest BCUT2D eigenvalue weighted by Crippen LogP contribution is 2.33. The lowest BCUT2D eigenvalue weighted by atomic mass is 10.1. The Morgan fingerprint density at radius 3 is 2.53 bits per heavy atom. The number of aromatic amines is 1. The molecule has 0 radical (unpaired) electrons. The summed E-state index contributed by atoms with van der Waals surface area (Å²) in [5.41, 5.74) is 1.59. The van der Waals surface area contributed by atoms with E-state index in [1.165, 1.54) is 18.2 Å². The third-order valence-electron chi connectivity index (χ3n) is 5.11. The summed E-state index contributed by atoms with van der Waals surface area (Å²) in [6.07, 6.45) is -3.58. The van der Waals surface area contributed by atoms with E-state index in [2.05, 4.69) is 15.5 Å². The highest BCUT2D eigenvalue weighted by atomic mass is 19.4. The molecule has 0 saturated carbocycles. The van der Waals surface area contributed by atoms with E-state index in [-0.39, 0.29) is 18.1 Å². The molecule has 1 aromatic heterocycles. The Kier molecular flexibility index (Phi) is 5.85. The fourth-order valence-electron chi connectivity index (χ4n) is 3.33. The lowest BCUT2D eigenvalue weighted by Gasteiger charge is -2.13. The first kappa shape index (κ1) is 21.4. The summed E-state index contributed by atoms with van der Waals surface area (Å²) in [7, 11) is 0. The average molecular weight is 439 g/mol. The molecule has 0 atom stereocenters. The minimum absolute atomic E-state index is 0.0383. The molecule has 164 valence electrons. The molecular formula is C24H20F3N3O2. The van der Waals surface area contributed by atoms with Gasteiger partial charge in [-0.05, 0) is 48.4 Å². The van der Waals surface area contributed by atoms with Gasteiger partial charge in [-0.25, -0.2) is 0 Å². The second kappa shape index (κ2) is 8.74. The Morgan fingerprint density at radius 1 is 1.06 bits per heavy atom. The number of halogens is 3. The maximum absolute atomic E-state index is 13.2. The first-order chi connectivity index (χ1) is 15.3. The molecule has 0 spiro atoms. The van der Waals surface area contributed by atoms with Gasteiger partial charge in [0.2, 0.25) is 0 Å². The number of carbonyl (C=O) groups excluding carboxylic acids is 1. The minimum atomic E-state index is -4.46. The van der Waals surface area contributed by atoms with E-state index < -0.39 is 11.7 Å². The van der Waals surface area contributed by atoms with Crippen molar-refractivity contribution in [3.8, 4) is 5.75 Å². The number of carbonyl (C=O) groups is 1. The molecule has 3 aromatic carbocycles. The zero-order valence-corrected chi connectivity index (χ0v) is 17.2. The molecule has 32 heavy (non-hydrogen) atoms. The largest absolute Gasteiger partial charge is 0.489 e. The number of H-pyrrole nitrogens is 1. The zero-order valence-electron chi connectivity index (χ0n) is 17.2. The molecular weight excluding hydrogens is 419 g/mol. The number of aromatic nitrogens is 2. The molecule has 0 bridgehead atoms. The molecule has 5 nitrogen and oxygen atoms in total. The lowest BCUT2D eigenvalue weighted by Crippen LogP contribution is -2.12. The van der Waals surface area contributed by atoms with Gasteiger partial charge in [0.15, 0.2) is 5.82 Å². The Labute approximate surface area is 182 Å². The van der Waals surface area contributed by atoms with Gasteiger partial charge in [0.05, 0.1) is 11.1 Å². The third kappa shape index (κ3) is 4.59. The summed E-state index contributed by atoms with van der Waals surface area (Å²) < 4.78 is 45.2. The molecule has 8 heteroatoms. The van der Waals surface area contributed by atoms with Crippen molar-refractivity contribution in [1.82, 2.24) is 10.2 Å². The van der Waals surface area contributed by atoms with Gasteiger partial charge in [-0.15, -0.1) is 0 Å². The van der Waals surface area contributed by atoms with Crippen LogP contribution in [-0.4, -0.2) is 16.1 Å². The molecule has 0 aliphatic carbocycles. The number of nitrogens with one attached hydrogen (secondary N) is 2. The number of nitrogens with zero attached hydrogens (tertiary/aromatic N) is 1. The van der Waals surface area contributed by atoms with Crippen LogP contribution in [0.1, 0.15) is 34.0 Å². The lowest BCUT2D eigenvalue weighted by molar-refractivity contribution is -0.138. The van der Waals surface area contributed by atoms with Gasteiger partial charge in [0.1, 0.15) is 12.4 Å². The molecule has 4 aromatic rings. The molecule has 1 amide bonds. The van der Waals surface area contributed by atoms with E-state index in [4.69, 9.17) is 4.74 Å². The van der Waals surface area contributed by atoms with Crippen LogP contribution < -0.4 is 10.1 Å². The zero-order chi connectivity index (χ0) is 22.7. The van der Waals surface area contributed by atoms with E-state index in [0.29, 0.717) is 28.0 Å². The maximum atomic E-state index is 13.2. The average Bonchev–Trinajstić information content (AvgIpc) is 3.19. The van der Waals surface area contributed by atoms with Gasteiger partial charge in [-0.3, -0.25) is 9.89 Å². The van der Waals surface area contributed by atoms with Crippen molar-refractivity contribution in [3.05, 3.63) is 89.0 Å². The van der Waals surface area contributed by atoms with E-state index >= 15 is 0 Å². The standard InChI is InChI=1S/C24H20F3N3O2/c1-2-15-7-9-16(10-8-15)23(31)28-22-19-13-18(11-12-21(19)29-30-22)32-14-17-5-3-4-6-20(17)24(25,26)27/h3-13H,2,14H2,1H3,(H2,28,29,30,31). The van der Waals surface area contributed by atoms with Crippen LogP contribution in [-0.2, 0) is 19.2 Å². The van der Waals surface area contributed by atoms with Gasteiger partial charge in [-0.1, -0.05) is 37.3 Å². The van der Waals surface area contributed by atoms with Crippen LogP contribution in [0, 0.1) is 0 Å². The second-order valence-corrected chi connectivity index (χ2v) is 7.23. The number of amides is 1. The van der Waals surface area contributed by atoms with Crippen molar-refractivity contribution in [1.29, 1.82) is 0 Å². The summed E-state index contributed by atoms with van der Waals surface area (Å²) >= 11 is 0. The quantitative estimate of drug-likeness (QED) is 0.389. The first-order valence-corrected chi connectivity index (χ1v) is 10.0. The van der Waals surface area contributed by atoms with Gasteiger partial charge < -0.3 is 10.1 Å². The van der Waals surface area contributed by atoms with Crippen molar-refractivity contribution in [2.24, 2.45) is 0 Å². The van der Waals surface area contributed by atoms with Gasteiger partial charge in [0, 0.05) is 16.5 Å². The summed E-state index contributed by atoms with van der Waals surface area (Å²) in [4.78, 5) is 12.6. The Bertz CT molecular complexity index is 1250. The Balaban J connectivity index is 1.52. The molecule has 1 heterocycles. The minimum Gasteiger partial charge on any atom is -0.489 e. The Morgan fingerprint density at radius 2 is 1.81 bits per heavy atom. The molecule has 2 N–H and O–H groups in total. The SMILES string of the molecule is CCc1ccc(C(=O)Nc2n[nH]c3ccc(OCc4ccccc4C(F)(F)F)cc23)cc1. The predicted molar refractivity (Wildman–Crippen MR) is 116 cm³/mol. The van der Waals surface area contributed by atoms with Crippen LogP contribution in [0.25, 0.3) is 10.9 Å². The topological polar surface area (TPSA) is 67.0 Å². The maximum Gasteiger partial charge on any atom is 0.416 e. The highest BCUT2D eigenvalue weighted by Gasteiger charge is 2.33. The van der Waals surface area contributed by atoms with Gasteiger partial charge >= 0.3 is 6.18 Å². The number of anilines is 1. The molecule has 0 unspecified atom stereocenters. The van der Waals surface area contributed by atoms with Gasteiger partial charge in [-0.2, -0.15) is 18.3 Å². The van der Waals surface area contributed by atoms with Crippen molar-refractivity contribution in [3.63, 3.8) is 0 Å². The van der Waals surface area contributed by atoms with Crippen molar-refractivity contribution in [2.75, 3.05) is 5.32 Å². The van der Waals surface area contributed by atoms with E-state index in [0.717, 1.165) is 18.1 Å². The monoisotopic (exact) mass is 439 g/mol. The fourth-order valence-corrected chi connectivity index (χ4v) is 3.33. The smallest absolute Gasteiger partial charge is 0.416 e. The van der Waals surface area contributed by atoms with Crippen molar-refractivity contribution >= 4 is 22.6 Å². The molecule has 0 saturated heterocycles. The van der Waals surface area contributed by atoms with Crippen LogP contribution >= 0.6 is 0 Å². The molecule has 0 fully saturated rings. The van der Waals surface area contributed by atoms with Crippen LogP contribution in [0.15, 0.2) is 66.7 Å². The highest BCUT2D eigenvalue weighted by molar-refractivity contribution is 6.08. The molecule has 0 aliphatic rings. The van der Waals surface area contributed by atoms with Gasteiger partial charge in [0.25, 0.3) is 5.91 Å². The number of fused-ring (bicyclic) bond motifs is 1. The number of rotatable bonds is 6. The molecule has 0 aliphatic heterocycles. The van der Waals surface area contributed by atoms with Crippen molar-refractivity contribution < 1.29 is 22.7 Å². The number of benzene rings is 3. The number of ether oxygens (including phenoxy) is 1. The van der Waals surface area contributed by atoms with E-state index in [1.807, 2.05) is 19.1 Å². The number of hydrogen-bond donors (Lipinski definition) is 2. The van der Waals surface area contributed by atoms with Crippen LogP contribution in [0.3, 0.4) is 0 Å². The second-order valence-electron chi connectivity index (χ2n) is 7.23. The normalized spacial score (nSPS) is 11.5. The van der Waals surface area contributed by atoms with Crippen LogP contribution in [0.5, 0.6) is 5.75 Å². The van der Waals surface area contributed by atoms with Crippen molar-refractivity contribution in [2.45, 2.75) is 26.1 Å². The predicted octanol–water partition coefficient (Wildman–Crippen LogP) is 5.98. The van der Waals surface area contributed by atoms with Crippen LogP contribution in [0.2, 0.25) is 0 Å². The summed E-state index contributed by atoms with van der Waals surface area (Å²) in [6, 6.07) is 17.5. The summed E-state index contributed by atoms with van der Waals surface area (Å²) in [5, 5.41) is 10.3. The number of hydrogen-bond acceptors (Lipinski definition) is 3. The number of alkyl halides is 3. The molecule has 4 rings (SSSR count). The van der Waals surface area contributed by atoms with Crippen LogP contribution in [0.4, 0.5) is 19.0 Å². The summed E-state index contributed by atoms with van der Waals surface area (Å²) in [5.74, 6) is 0.357. The van der Waals surface area contributed by atoms with E-state index in [9.17, 15) is 18.0 Å². The first-order valence-electron chi connectivity index (χ1n) is 10.0. The third-order valence-corrected chi connectivity index (χ3v) is 5.11. The Hall–Kier alpha value is -3.81. The summed E-state index contributed by atoms with van der Waals surface area (Å²) in [6.45, 7) is 1.79.